The molecule has 0 atom stereocenters. The molecule has 7 heteroatoms. The number of carbonyl (C=O) groups excluding carboxylic acids is 1. The van der Waals surface area contributed by atoms with Crippen LogP contribution in [-0.4, -0.2) is 41.3 Å². The highest BCUT2D eigenvalue weighted by Gasteiger charge is 2.26. The number of nitrogens with one attached hydrogen (secondary N) is 1. The zero-order valence-corrected chi connectivity index (χ0v) is 17.9. The quantitative estimate of drug-likeness (QED) is 0.821. The Labute approximate surface area is 171 Å². The van der Waals surface area contributed by atoms with Crippen molar-refractivity contribution in [1.29, 1.82) is 0 Å². The van der Waals surface area contributed by atoms with E-state index in [2.05, 4.69) is 31.0 Å². The summed E-state index contributed by atoms with van der Waals surface area (Å²) >= 11 is 6.33. The largest absolute Gasteiger partial charge is 0.487 e. The third kappa shape index (κ3) is 4.33. The predicted molar refractivity (Wildman–Crippen MR) is 109 cm³/mol. The van der Waals surface area contributed by atoms with Crippen molar-refractivity contribution in [3.63, 3.8) is 0 Å². The maximum atomic E-state index is 12.0. The summed E-state index contributed by atoms with van der Waals surface area (Å²) in [5, 5.41) is 8.25. The molecule has 6 nitrogen and oxygen atoms in total. The van der Waals surface area contributed by atoms with E-state index in [9.17, 15) is 4.79 Å². The number of benzene rings is 1. The van der Waals surface area contributed by atoms with E-state index in [4.69, 9.17) is 21.1 Å². The van der Waals surface area contributed by atoms with Gasteiger partial charge in [-0.1, -0.05) is 32.4 Å². The first-order valence-electron chi connectivity index (χ1n) is 9.46. The van der Waals surface area contributed by atoms with Gasteiger partial charge in [0.1, 0.15) is 24.7 Å². The van der Waals surface area contributed by atoms with Crippen LogP contribution in [0.1, 0.15) is 48.8 Å². The second kappa shape index (κ2) is 8.13. The lowest BCUT2D eigenvalue weighted by molar-refractivity contribution is -0.136. The molecule has 152 valence electrons. The Morgan fingerprint density at radius 2 is 2.11 bits per heavy atom. The highest BCUT2D eigenvalue weighted by molar-refractivity contribution is 6.31. The first kappa shape index (κ1) is 20.7. The molecular formula is C21H28ClN3O3. The van der Waals surface area contributed by atoms with Crippen molar-refractivity contribution in [2.45, 2.75) is 52.7 Å². The Morgan fingerprint density at radius 1 is 1.36 bits per heavy atom. The molecule has 1 N–H and O–H groups in total. The number of hydrogen-bond donors (Lipinski definition) is 1. The number of methoxy groups -OCH3 is 1. The van der Waals surface area contributed by atoms with E-state index in [1.165, 1.54) is 7.11 Å². The van der Waals surface area contributed by atoms with Crippen LogP contribution in [0.5, 0.6) is 5.75 Å². The second-order valence-electron chi connectivity index (χ2n) is 8.26. The molecule has 0 saturated heterocycles. The number of aromatic nitrogens is 2. The van der Waals surface area contributed by atoms with Crippen LogP contribution in [0.2, 0.25) is 5.02 Å². The smallest absolute Gasteiger partial charge is 0.248 e. The summed E-state index contributed by atoms with van der Waals surface area (Å²) in [4.78, 5) is 13.8. The highest BCUT2D eigenvalue weighted by Crippen LogP contribution is 2.36. The summed E-state index contributed by atoms with van der Waals surface area (Å²) in [5.41, 5.74) is 4.98. The monoisotopic (exact) mass is 405 g/mol. The van der Waals surface area contributed by atoms with Crippen LogP contribution in [0.4, 0.5) is 0 Å². The molecule has 2 heterocycles. The second-order valence-corrected chi connectivity index (χ2v) is 8.67. The third-order valence-corrected chi connectivity index (χ3v) is 5.48. The number of aryl methyl sites for hydroxylation is 1. The Morgan fingerprint density at radius 3 is 2.79 bits per heavy atom. The van der Waals surface area contributed by atoms with Crippen LogP contribution in [-0.2, 0) is 34.5 Å². The number of halogens is 1. The molecule has 0 saturated carbocycles. The number of amides is 1. The van der Waals surface area contributed by atoms with Crippen molar-refractivity contribution in [3.8, 4) is 5.75 Å². The van der Waals surface area contributed by atoms with Crippen molar-refractivity contribution in [2.75, 3.05) is 20.3 Å². The first-order chi connectivity index (χ1) is 13.2. The lowest BCUT2D eigenvalue weighted by atomic mass is 9.86. The van der Waals surface area contributed by atoms with Crippen LogP contribution in [0.3, 0.4) is 0 Å². The van der Waals surface area contributed by atoms with Crippen LogP contribution in [0, 0.1) is 6.92 Å². The van der Waals surface area contributed by atoms with E-state index < -0.39 is 0 Å². The molecule has 1 aromatic carbocycles. The minimum absolute atomic E-state index is 0.00740. The lowest BCUT2D eigenvalue weighted by Crippen LogP contribution is -2.38. The normalized spacial score (nSPS) is 14.1. The fourth-order valence-electron chi connectivity index (χ4n) is 3.44. The summed E-state index contributed by atoms with van der Waals surface area (Å²) in [5.74, 6) is 0.825. The number of aromatic amines is 1. The summed E-state index contributed by atoms with van der Waals surface area (Å²) in [6.07, 6.45) is 0.756. The summed E-state index contributed by atoms with van der Waals surface area (Å²) in [6, 6.07) is 3.98. The molecule has 1 amide bonds. The minimum atomic E-state index is -0.0834. The van der Waals surface area contributed by atoms with Crippen molar-refractivity contribution in [3.05, 3.63) is 45.2 Å². The van der Waals surface area contributed by atoms with E-state index in [1.54, 1.807) is 4.90 Å². The van der Waals surface area contributed by atoms with Gasteiger partial charge >= 0.3 is 0 Å². The van der Waals surface area contributed by atoms with Gasteiger partial charge in [-0.15, -0.1) is 0 Å². The number of nitrogens with zero attached hydrogens (tertiary/aromatic N) is 2. The van der Waals surface area contributed by atoms with E-state index in [1.807, 2.05) is 19.1 Å². The number of carbonyl (C=O) groups is 1. The predicted octanol–water partition coefficient (Wildman–Crippen LogP) is 3.78. The molecule has 1 aliphatic rings. The van der Waals surface area contributed by atoms with Gasteiger partial charge in [0.2, 0.25) is 5.91 Å². The Hall–Kier alpha value is -2.05. The molecule has 3 rings (SSSR count). The molecule has 1 aromatic heterocycles. The van der Waals surface area contributed by atoms with E-state index >= 15 is 0 Å². The fraction of sp³-hybridized carbons (Fsp3) is 0.524. The van der Waals surface area contributed by atoms with E-state index in [-0.39, 0.29) is 17.9 Å². The number of rotatable bonds is 5. The minimum Gasteiger partial charge on any atom is -0.487 e. The maximum absolute atomic E-state index is 12.0. The van der Waals surface area contributed by atoms with Gasteiger partial charge in [0.25, 0.3) is 0 Å². The van der Waals surface area contributed by atoms with Crippen molar-refractivity contribution >= 4 is 17.5 Å². The Bertz CT molecular complexity index is 871. The Balaban J connectivity index is 1.76. The summed E-state index contributed by atoms with van der Waals surface area (Å²) in [7, 11) is 1.53. The van der Waals surface area contributed by atoms with Gasteiger partial charge in [0, 0.05) is 29.8 Å². The average molecular weight is 406 g/mol. The molecule has 0 radical (unpaired) electrons. The van der Waals surface area contributed by atoms with Crippen LogP contribution >= 0.6 is 11.6 Å². The molecule has 0 spiro atoms. The van der Waals surface area contributed by atoms with Crippen molar-refractivity contribution < 1.29 is 14.3 Å². The van der Waals surface area contributed by atoms with Gasteiger partial charge in [-0.3, -0.25) is 9.89 Å². The van der Waals surface area contributed by atoms with Gasteiger partial charge in [0.05, 0.1) is 12.2 Å². The molecule has 0 unspecified atom stereocenters. The van der Waals surface area contributed by atoms with E-state index in [0.717, 1.165) is 45.3 Å². The molecule has 0 aliphatic carbocycles. The van der Waals surface area contributed by atoms with Gasteiger partial charge in [-0.25, -0.2) is 0 Å². The lowest BCUT2D eigenvalue weighted by Gasteiger charge is -2.27. The van der Waals surface area contributed by atoms with Crippen molar-refractivity contribution in [2.24, 2.45) is 0 Å². The van der Waals surface area contributed by atoms with Crippen LogP contribution < -0.4 is 4.74 Å². The Kier molecular flexibility index (Phi) is 6.01. The number of fused-ring (bicyclic) bond motifs is 1. The van der Waals surface area contributed by atoms with Crippen LogP contribution in [0.25, 0.3) is 0 Å². The number of hydrogen-bond acceptors (Lipinski definition) is 4. The molecule has 28 heavy (non-hydrogen) atoms. The summed E-state index contributed by atoms with van der Waals surface area (Å²) < 4.78 is 11.1. The topological polar surface area (TPSA) is 67.4 Å². The van der Waals surface area contributed by atoms with Gasteiger partial charge < -0.3 is 14.4 Å². The molecule has 2 aromatic rings. The van der Waals surface area contributed by atoms with E-state index in [0.29, 0.717) is 19.7 Å². The SMILES string of the molecule is COCC(=O)N1CCc2c(COc3cc(C)c(Cl)cc3C(C)(C)C)n[nH]c2C1. The number of ether oxygens (including phenoxy) is 2. The van der Waals surface area contributed by atoms with Gasteiger partial charge in [-0.05, 0) is 36.5 Å². The zero-order chi connectivity index (χ0) is 20.5. The summed E-state index contributed by atoms with van der Waals surface area (Å²) in [6.45, 7) is 10.1. The molecule has 1 aliphatic heterocycles. The van der Waals surface area contributed by atoms with Gasteiger partial charge in [-0.2, -0.15) is 5.10 Å². The van der Waals surface area contributed by atoms with Gasteiger partial charge in [0.15, 0.2) is 0 Å². The zero-order valence-electron chi connectivity index (χ0n) is 17.2. The average Bonchev–Trinajstić information content (AvgIpc) is 3.04. The molecule has 0 bridgehead atoms. The first-order valence-corrected chi connectivity index (χ1v) is 9.83. The molecular weight excluding hydrogens is 378 g/mol. The number of H-pyrrole nitrogens is 1. The van der Waals surface area contributed by atoms with Crippen molar-refractivity contribution in [1.82, 2.24) is 15.1 Å². The standard InChI is InChI=1S/C21H28ClN3O3/c1-13-8-19(15(9-16(13)22)21(2,3)4)28-11-18-14-6-7-25(20(26)12-27-5)10-17(14)23-24-18/h8-9H,6-7,10-12H2,1-5H3,(H,23,24). The maximum Gasteiger partial charge on any atom is 0.248 e. The highest BCUT2D eigenvalue weighted by atomic mass is 35.5. The van der Waals surface area contributed by atoms with Crippen LogP contribution in [0.15, 0.2) is 12.1 Å². The third-order valence-electron chi connectivity index (χ3n) is 5.07. The fourth-order valence-corrected chi connectivity index (χ4v) is 3.60. The molecule has 0 fully saturated rings.